The van der Waals surface area contributed by atoms with Crippen LogP contribution in [-0.4, -0.2) is 38.1 Å². The van der Waals surface area contributed by atoms with Crippen molar-refractivity contribution in [1.82, 2.24) is 15.5 Å². The number of carboxylic acid groups (broad SMARTS) is 1. The maximum atomic E-state index is 11.8. The van der Waals surface area contributed by atoms with Crippen molar-refractivity contribution in [1.29, 1.82) is 0 Å². The van der Waals surface area contributed by atoms with Crippen LogP contribution in [0.25, 0.3) is 0 Å². The fraction of sp³-hybridized carbons (Fsp3) is 0.500. The number of aromatic nitrogens is 2. The highest BCUT2D eigenvalue weighted by molar-refractivity contribution is 5.98. The van der Waals surface area contributed by atoms with Gasteiger partial charge in [-0.15, -0.1) is 0 Å². The minimum absolute atomic E-state index is 0.0538. The number of nitrogens with one attached hydrogen (secondary N) is 2. The van der Waals surface area contributed by atoms with E-state index in [1.165, 1.54) is 0 Å². The van der Waals surface area contributed by atoms with Crippen LogP contribution in [0, 0.1) is 16.0 Å². The van der Waals surface area contributed by atoms with Crippen LogP contribution < -0.4 is 5.32 Å². The molecule has 1 amide bonds. The average molecular weight is 270 g/mol. The Kier molecular flexibility index (Phi) is 4.56. The van der Waals surface area contributed by atoms with Crippen LogP contribution in [-0.2, 0) is 4.79 Å². The Labute approximate surface area is 108 Å². The van der Waals surface area contributed by atoms with Crippen LogP contribution in [0.1, 0.15) is 30.8 Å². The fourth-order valence-corrected chi connectivity index (χ4v) is 1.51. The van der Waals surface area contributed by atoms with Crippen LogP contribution >= 0.6 is 0 Å². The molecule has 1 rings (SSSR count). The molecule has 1 aromatic heterocycles. The lowest BCUT2D eigenvalue weighted by molar-refractivity contribution is -0.385. The van der Waals surface area contributed by atoms with Gasteiger partial charge in [-0.1, -0.05) is 13.8 Å². The lowest BCUT2D eigenvalue weighted by Crippen LogP contribution is -2.41. The van der Waals surface area contributed by atoms with Gasteiger partial charge in [-0.3, -0.25) is 20.0 Å². The molecule has 104 valence electrons. The smallest absolute Gasteiger partial charge is 0.326 e. The fourth-order valence-electron chi connectivity index (χ4n) is 1.51. The molecule has 1 aromatic rings. The SMILES string of the molecule is CC(C)C[C@@H](NC(=O)c1[nH]ncc1[N+](=O)[O-])C(=O)O. The lowest BCUT2D eigenvalue weighted by atomic mass is 10.0. The van der Waals surface area contributed by atoms with Gasteiger partial charge in [0.2, 0.25) is 5.69 Å². The summed E-state index contributed by atoms with van der Waals surface area (Å²) >= 11 is 0. The van der Waals surface area contributed by atoms with Gasteiger partial charge >= 0.3 is 11.7 Å². The Hall–Kier alpha value is -2.45. The van der Waals surface area contributed by atoms with Gasteiger partial charge in [-0.25, -0.2) is 4.79 Å². The molecule has 0 aliphatic heterocycles. The molecule has 3 N–H and O–H groups in total. The summed E-state index contributed by atoms with van der Waals surface area (Å²) in [5, 5.41) is 27.4. The largest absolute Gasteiger partial charge is 0.480 e. The summed E-state index contributed by atoms with van der Waals surface area (Å²) in [6.07, 6.45) is 1.12. The summed E-state index contributed by atoms with van der Waals surface area (Å²) in [5.41, 5.74) is -0.855. The first-order chi connectivity index (χ1) is 8.82. The van der Waals surface area contributed by atoms with Crippen LogP contribution in [0.15, 0.2) is 6.20 Å². The van der Waals surface area contributed by atoms with Gasteiger partial charge in [-0.2, -0.15) is 5.10 Å². The summed E-state index contributed by atoms with van der Waals surface area (Å²) in [6, 6.07) is -1.10. The van der Waals surface area contributed by atoms with Crippen LogP contribution in [0.5, 0.6) is 0 Å². The number of aromatic amines is 1. The predicted octanol–water partition coefficient (Wildman–Crippen LogP) is 0.547. The third-order valence-electron chi connectivity index (χ3n) is 2.35. The topological polar surface area (TPSA) is 138 Å². The molecule has 0 fully saturated rings. The average Bonchev–Trinajstić information content (AvgIpc) is 2.76. The molecule has 0 aliphatic rings. The quantitative estimate of drug-likeness (QED) is 0.509. The van der Waals surface area contributed by atoms with E-state index in [9.17, 15) is 19.7 Å². The number of hydrogen-bond donors (Lipinski definition) is 3. The third-order valence-corrected chi connectivity index (χ3v) is 2.35. The normalized spacial score (nSPS) is 12.2. The second-order valence-electron chi connectivity index (χ2n) is 4.38. The van der Waals surface area contributed by atoms with E-state index >= 15 is 0 Å². The summed E-state index contributed by atoms with van der Waals surface area (Å²) in [7, 11) is 0. The van der Waals surface area contributed by atoms with E-state index in [4.69, 9.17) is 5.11 Å². The van der Waals surface area contributed by atoms with Crippen molar-refractivity contribution >= 4 is 17.6 Å². The molecule has 0 saturated heterocycles. The van der Waals surface area contributed by atoms with Gasteiger partial charge in [0.1, 0.15) is 12.2 Å². The number of carbonyl (C=O) groups is 2. The molecule has 0 spiro atoms. The van der Waals surface area contributed by atoms with Crippen LogP contribution in [0.4, 0.5) is 5.69 Å². The number of rotatable bonds is 6. The van der Waals surface area contributed by atoms with Crippen molar-refractivity contribution < 1.29 is 19.6 Å². The Morgan fingerprint density at radius 1 is 1.58 bits per heavy atom. The Balaban J connectivity index is 2.85. The summed E-state index contributed by atoms with van der Waals surface area (Å²) in [6.45, 7) is 3.61. The predicted molar refractivity (Wildman–Crippen MR) is 63.6 cm³/mol. The Bertz CT molecular complexity index is 496. The zero-order valence-corrected chi connectivity index (χ0v) is 10.4. The highest BCUT2D eigenvalue weighted by atomic mass is 16.6. The van der Waals surface area contributed by atoms with E-state index in [1.54, 1.807) is 13.8 Å². The monoisotopic (exact) mass is 270 g/mol. The van der Waals surface area contributed by atoms with Crippen molar-refractivity contribution in [3.05, 3.63) is 22.0 Å². The maximum absolute atomic E-state index is 11.8. The van der Waals surface area contributed by atoms with E-state index in [2.05, 4.69) is 15.5 Å². The minimum atomic E-state index is -1.19. The van der Waals surface area contributed by atoms with Gasteiger partial charge in [0.25, 0.3) is 5.91 Å². The van der Waals surface area contributed by atoms with Crippen LogP contribution in [0.3, 0.4) is 0 Å². The first-order valence-electron chi connectivity index (χ1n) is 5.54. The van der Waals surface area contributed by atoms with E-state index in [0.29, 0.717) is 0 Å². The first kappa shape index (κ1) is 14.6. The van der Waals surface area contributed by atoms with E-state index < -0.39 is 28.5 Å². The molecule has 0 bridgehead atoms. The molecule has 1 heterocycles. The Morgan fingerprint density at radius 2 is 2.21 bits per heavy atom. The number of amides is 1. The van der Waals surface area contributed by atoms with Crippen molar-refractivity contribution in [3.63, 3.8) is 0 Å². The lowest BCUT2D eigenvalue weighted by Gasteiger charge is -2.15. The van der Waals surface area contributed by atoms with E-state index in [0.717, 1.165) is 6.20 Å². The third kappa shape index (κ3) is 3.76. The number of aliphatic carboxylic acids is 1. The van der Waals surface area contributed by atoms with Crippen molar-refractivity contribution in [2.45, 2.75) is 26.3 Å². The zero-order valence-electron chi connectivity index (χ0n) is 10.4. The zero-order chi connectivity index (χ0) is 14.6. The molecule has 0 aliphatic carbocycles. The van der Waals surface area contributed by atoms with Gasteiger partial charge in [-0.05, 0) is 12.3 Å². The van der Waals surface area contributed by atoms with E-state index in [-0.39, 0.29) is 18.0 Å². The number of hydrogen-bond acceptors (Lipinski definition) is 5. The molecule has 9 heteroatoms. The van der Waals surface area contributed by atoms with Gasteiger partial charge in [0, 0.05) is 0 Å². The van der Waals surface area contributed by atoms with Crippen molar-refractivity contribution in [2.75, 3.05) is 0 Å². The number of H-pyrrole nitrogens is 1. The summed E-state index contributed by atoms with van der Waals surface area (Å²) < 4.78 is 0. The second-order valence-corrected chi connectivity index (χ2v) is 4.38. The molecule has 1 atom stereocenters. The highest BCUT2D eigenvalue weighted by Gasteiger charge is 2.27. The van der Waals surface area contributed by atoms with Crippen molar-refractivity contribution in [3.8, 4) is 0 Å². The highest BCUT2D eigenvalue weighted by Crippen LogP contribution is 2.15. The summed E-state index contributed by atoms with van der Waals surface area (Å²) in [5.74, 6) is -2.00. The molecular formula is C10H14N4O5. The number of carboxylic acids is 1. The molecule has 0 saturated carbocycles. The van der Waals surface area contributed by atoms with Crippen molar-refractivity contribution in [2.24, 2.45) is 5.92 Å². The molecule has 0 radical (unpaired) electrons. The molecular weight excluding hydrogens is 256 g/mol. The molecule has 9 nitrogen and oxygen atoms in total. The van der Waals surface area contributed by atoms with Gasteiger partial charge in [0.05, 0.1) is 4.92 Å². The van der Waals surface area contributed by atoms with Gasteiger partial charge in [0.15, 0.2) is 0 Å². The second kappa shape index (κ2) is 5.94. The maximum Gasteiger partial charge on any atom is 0.326 e. The molecule has 0 unspecified atom stereocenters. The molecule has 0 aromatic carbocycles. The minimum Gasteiger partial charge on any atom is -0.480 e. The van der Waals surface area contributed by atoms with Gasteiger partial charge < -0.3 is 10.4 Å². The number of carbonyl (C=O) groups excluding carboxylic acids is 1. The van der Waals surface area contributed by atoms with E-state index in [1.807, 2.05) is 0 Å². The Morgan fingerprint density at radius 3 is 2.68 bits per heavy atom. The standard InChI is InChI=1S/C10H14N4O5/c1-5(2)3-6(10(16)17)12-9(15)8-7(14(18)19)4-11-13-8/h4-6H,3H2,1-2H3,(H,11,13)(H,12,15)(H,16,17)/t6-/m1/s1. The first-order valence-corrected chi connectivity index (χ1v) is 5.54. The number of nitrogens with zero attached hydrogens (tertiary/aromatic N) is 2. The van der Waals surface area contributed by atoms with Crippen LogP contribution in [0.2, 0.25) is 0 Å². The summed E-state index contributed by atoms with van der Waals surface area (Å²) in [4.78, 5) is 32.6. The number of nitro groups is 1. The molecule has 19 heavy (non-hydrogen) atoms.